The zero-order valence-electron chi connectivity index (χ0n) is 17.3. The van der Waals surface area contributed by atoms with Crippen LogP contribution in [0.15, 0.2) is 0 Å². The van der Waals surface area contributed by atoms with Gasteiger partial charge in [0.25, 0.3) is 5.91 Å². The lowest BCUT2D eigenvalue weighted by Gasteiger charge is -2.27. The van der Waals surface area contributed by atoms with E-state index in [1.165, 1.54) is 14.0 Å². The Kier molecular flexibility index (Phi) is 8.36. The third-order valence-electron chi connectivity index (χ3n) is 4.85. The highest BCUT2D eigenvalue weighted by atomic mass is 16.2. The summed E-state index contributed by atoms with van der Waals surface area (Å²) in [7, 11) is 4.74. The van der Waals surface area contributed by atoms with Crippen molar-refractivity contribution in [2.24, 2.45) is 5.92 Å². The summed E-state index contributed by atoms with van der Waals surface area (Å²) in [4.78, 5) is 52.0. The summed E-state index contributed by atoms with van der Waals surface area (Å²) < 4.78 is 0. The van der Waals surface area contributed by atoms with Crippen LogP contribution in [0.3, 0.4) is 0 Å². The van der Waals surface area contributed by atoms with Crippen LogP contribution in [0.4, 0.5) is 4.79 Å². The van der Waals surface area contributed by atoms with Gasteiger partial charge in [-0.15, -0.1) is 0 Å². The maximum Gasteiger partial charge on any atom is 0.325 e. The number of hydrogen-bond donors (Lipinski definition) is 3. The molecular formula is C18H33N5O4. The SMILES string of the molecule is CNC(CC(C)C)C(=O)N(C)C(=O)[C@H](C)NC(=O)N1C(=O)[C@@H](NC)CC1C. The van der Waals surface area contributed by atoms with Gasteiger partial charge in [-0.1, -0.05) is 13.8 Å². The molecule has 5 amide bonds. The standard InChI is InChI=1S/C18H33N5O4/c1-10(2)8-13(19-5)16(25)22(7)15(24)12(4)21-18(27)23-11(3)9-14(20-6)17(23)26/h10-14,19-20H,8-9H2,1-7H3,(H,21,27)/t11?,12-,13?,14-/m0/s1. The molecule has 1 heterocycles. The second kappa shape index (κ2) is 9.80. The zero-order valence-corrected chi connectivity index (χ0v) is 17.3. The van der Waals surface area contributed by atoms with E-state index in [4.69, 9.17) is 0 Å². The molecular weight excluding hydrogens is 350 g/mol. The summed E-state index contributed by atoms with van der Waals surface area (Å²) in [5, 5.41) is 8.34. The molecule has 4 atom stereocenters. The first-order valence-electron chi connectivity index (χ1n) is 9.34. The number of amides is 5. The van der Waals surface area contributed by atoms with E-state index in [0.29, 0.717) is 12.8 Å². The van der Waals surface area contributed by atoms with E-state index < -0.39 is 30.1 Å². The van der Waals surface area contributed by atoms with Gasteiger partial charge >= 0.3 is 6.03 Å². The molecule has 0 aromatic heterocycles. The fraction of sp³-hybridized carbons (Fsp3) is 0.778. The van der Waals surface area contributed by atoms with E-state index in [1.54, 1.807) is 21.0 Å². The molecule has 0 aromatic rings. The summed E-state index contributed by atoms with van der Waals surface area (Å²) >= 11 is 0. The van der Waals surface area contributed by atoms with E-state index in [2.05, 4.69) is 16.0 Å². The van der Waals surface area contributed by atoms with Gasteiger partial charge in [0.1, 0.15) is 6.04 Å². The quantitative estimate of drug-likeness (QED) is 0.567. The highest BCUT2D eigenvalue weighted by Gasteiger charge is 2.41. The van der Waals surface area contributed by atoms with Crippen molar-refractivity contribution in [2.45, 2.75) is 64.7 Å². The van der Waals surface area contributed by atoms with Gasteiger partial charge in [0.2, 0.25) is 11.8 Å². The minimum absolute atomic E-state index is 0.267. The average Bonchev–Trinajstić information content (AvgIpc) is 2.90. The van der Waals surface area contributed by atoms with Crippen LogP contribution in [0.1, 0.15) is 40.5 Å². The molecule has 1 fully saturated rings. The second-order valence-corrected chi connectivity index (χ2v) is 7.51. The molecule has 9 heteroatoms. The molecule has 1 aliphatic rings. The maximum atomic E-state index is 12.6. The van der Waals surface area contributed by atoms with Crippen molar-refractivity contribution in [3.63, 3.8) is 0 Å². The number of nitrogens with one attached hydrogen (secondary N) is 3. The average molecular weight is 383 g/mol. The topological polar surface area (TPSA) is 111 Å². The molecule has 3 N–H and O–H groups in total. The van der Waals surface area contributed by atoms with E-state index >= 15 is 0 Å². The van der Waals surface area contributed by atoms with Crippen LogP contribution in [0.2, 0.25) is 0 Å². The van der Waals surface area contributed by atoms with Gasteiger partial charge in [0.05, 0.1) is 12.1 Å². The summed E-state index contributed by atoms with van der Waals surface area (Å²) in [5.41, 5.74) is 0. The highest BCUT2D eigenvalue weighted by molar-refractivity contribution is 6.03. The number of carbonyl (C=O) groups excluding carboxylic acids is 4. The molecule has 0 bridgehead atoms. The van der Waals surface area contributed by atoms with Crippen molar-refractivity contribution in [3.8, 4) is 0 Å². The molecule has 154 valence electrons. The van der Waals surface area contributed by atoms with Gasteiger partial charge in [-0.2, -0.15) is 0 Å². The molecule has 9 nitrogen and oxygen atoms in total. The number of nitrogens with zero attached hydrogens (tertiary/aromatic N) is 2. The highest BCUT2D eigenvalue weighted by Crippen LogP contribution is 2.19. The number of rotatable bonds is 7. The third kappa shape index (κ3) is 5.49. The first-order chi connectivity index (χ1) is 12.5. The Morgan fingerprint density at radius 2 is 1.78 bits per heavy atom. The van der Waals surface area contributed by atoms with Crippen molar-refractivity contribution in [1.82, 2.24) is 25.8 Å². The van der Waals surface area contributed by atoms with Crippen LogP contribution in [0.5, 0.6) is 0 Å². The molecule has 1 aliphatic heterocycles. The molecule has 27 heavy (non-hydrogen) atoms. The summed E-state index contributed by atoms with van der Waals surface area (Å²) in [6, 6.07) is -2.71. The fourth-order valence-electron chi connectivity index (χ4n) is 3.24. The minimum Gasteiger partial charge on any atom is -0.326 e. The molecule has 0 spiro atoms. The molecule has 0 aliphatic carbocycles. The molecule has 1 saturated heterocycles. The Morgan fingerprint density at radius 1 is 1.19 bits per heavy atom. The summed E-state index contributed by atoms with van der Waals surface area (Å²) in [6.07, 6.45) is 1.11. The maximum absolute atomic E-state index is 12.6. The Hall–Kier alpha value is -2.00. The van der Waals surface area contributed by atoms with Gasteiger partial charge in [-0.25, -0.2) is 4.79 Å². The van der Waals surface area contributed by atoms with Gasteiger partial charge in [-0.3, -0.25) is 24.2 Å². The lowest BCUT2D eigenvalue weighted by Crippen LogP contribution is -2.55. The first kappa shape index (κ1) is 23.0. The number of imide groups is 2. The van der Waals surface area contributed by atoms with Crippen molar-refractivity contribution in [2.75, 3.05) is 21.1 Å². The number of urea groups is 1. The number of carbonyl (C=O) groups is 4. The summed E-state index contributed by atoms with van der Waals surface area (Å²) in [5.74, 6) is -0.909. The van der Waals surface area contributed by atoms with Crippen LogP contribution in [-0.4, -0.2) is 78.9 Å². The lowest BCUT2D eigenvalue weighted by molar-refractivity contribution is -0.145. The lowest BCUT2D eigenvalue weighted by atomic mass is 10.0. The Balaban J connectivity index is 2.74. The Morgan fingerprint density at radius 3 is 2.22 bits per heavy atom. The second-order valence-electron chi connectivity index (χ2n) is 7.51. The molecule has 0 saturated carbocycles. The van der Waals surface area contributed by atoms with Crippen LogP contribution in [-0.2, 0) is 14.4 Å². The van der Waals surface area contributed by atoms with Gasteiger partial charge in [0, 0.05) is 13.1 Å². The van der Waals surface area contributed by atoms with E-state index in [1.807, 2.05) is 13.8 Å². The number of likely N-dealkylation sites (N-methyl/N-ethyl adjacent to an activating group) is 3. The van der Waals surface area contributed by atoms with Crippen molar-refractivity contribution >= 4 is 23.8 Å². The molecule has 0 aromatic carbocycles. The van der Waals surface area contributed by atoms with Crippen molar-refractivity contribution in [1.29, 1.82) is 0 Å². The monoisotopic (exact) mass is 383 g/mol. The predicted molar refractivity (Wildman–Crippen MR) is 102 cm³/mol. The van der Waals surface area contributed by atoms with Gasteiger partial charge in [-0.05, 0) is 46.7 Å². The van der Waals surface area contributed by atoms with E-state index in [0.717, 1.165) is 9.80 Å². The minimum atomic E-state index is -0.934. The van der Waals surface area contributed by atoms with Gasteiger partial charge in [0.15, 0.2) is 0 Å². The van der Waals surface area contributed by atoms with Crippen LogP contribution < -0.4 is 16.0 Å². The molecule has 2 unspecified atom stereocenters. The fourth-order valence-corrected chi connectivity index (χ4v) is 3.24. The van der Waals surface area contributed by atoms with Crippen LogP contribution in [0, 0.1) is 5.92 Å². The van der Waals surface area contributed by atoms with Crippen molar-refractivity contribution < 1.29 is 19.2 Å². The third-order valence-corrected chi connectivity index (χ3v) is 4.85. The van der Waals surface area contributed by atoms with E-state index in [-0.39, 0.29) is 23.8 Å². The normalized spacial score (nSPS) is 21.9. The van der Waals surface area contributed by atoms with Crippen molar-refractivity contribution in [3.05, 3.63) is 0 Å². The van der Waals surface area contributed by atoms with Crippen LogP contribution in [0.25, 0.3) is 0 Å². The Bertz CT molecular complexity index is 580. The predicted octanol–water partition coefficient (Wildman–Crippen LogP) is -0.0876. The molecule has 1 rings (SSSR count). The first-order valence-corrected chi connectivity index (χ1v) is 9.34. The summed E-state index contributed by atoms with van der Waals surface area (Å²) in [6.45, 7) is 7.27. The Labute approximate surface area is 161 Å². The smallest absolute Gasteiger partial charge is 0.325 e. The molecule has 0 radical (unpaired) electrons. The van der Waals surface area contributed by atoms with Gasteiger partial charge < -0.3 is 16.0 Å². The van der Waals surface area contributed by atoms with Crippen LogP contribution >= 0.6 is 0 Å². The zero-order chi connectivity index (χ0) is 20.9. The largest absolute Gasteiger partial charge is 0.326 e. The number of likely N-dealkylation sites (tertiary alicyclic amines) is 1. The van der Waals surface area contributed by atoms with E-state index in [9.17, 15) is 19.2 Å². The number of hydrogen-bond acceptors (Lipinski definition) is 6.